The van der Waals surface area contributed by atoms with E-state index in [9.17, 15) is 9.18 Å². The topological polar surface area (TPSA) is 52.9 Å². The first-order chi connectivity index (χ1) is 6.66. The first kappa shape index (κ1) is 10.7. The summed E-state index contributed by atoms with van der Waals surface area (Å²) in [6.45, 7) is -0.139. The zero-order chi connectivity index (χ0) is 10.6. The van der Waals surface area contributed by atoms with Gasteiger partial charge in [0.1, 0.15) is 12.4 Å². The molecule has 0 atom stereocenters. The Labute approximate surface area is 88.7 Å². The van der Waals surface area contributed by atoms with E-state index in [2.05, 4.69) is 21.2 Å². The maximum Gasteiger partial charge on any atom is 0.256 e. The highest BCUT2D eigenvalue weighted by molar-refractivity contribution is 9.10. The molecule has 1 N–H and O–H groups in total. The fourth-order valence-electron chi connectivity index (χ4n) is 0.923. The van der Waals surface area contributed by atoms with Crippen LogP contribution in [0.25, 0.3) is 0 Å². The Bertz CT molecular complexity index is 380. The third kappa shape index (κ3) is 2.30. The van der Waals surface area contributed by atoms with Crippen LogP contribution in [-0.2, 0) is 0 Å². The SMILES string of the molecule is N#CCNC(=O)c1c(F)cccc1Br. The van der Waals surface area contributed by atoms with Crippen LogP contribution in [0.1, 0.15) is 10.4 Å². The van der Waals surface area contributed by atoms with Crippen molar-refractivity contribution in [2.24, 2.45) is 0 Å². The molecule has 0 radical (unpaired) electrons. The van der Waals surface area contributed by atoms with Gasteiger partial charge in [-0.05, 0) is 28.1 Å². The minimum Gasteiger partial charge on any atom is -0.339 e. The average molecular weight is 257 g/mol. The highest BCUT2D eigenvalue weighted by Gasteiger charge is 2.14. The molecule has 0 aromatic heterocycles. The molecule has 3 nitrogen and oxygen atoms in total. The number of hydrogen-bond acceptors (Lipinski definition) is 2. The second kappa shape index (κ2) is 4.72. The molecule has 0 unspecified atom stereocenters. The van der Waals surface area contributed by atoms with Crippen molar-refractivity contribution in [1.29, 1.82) is 5.26 Å². The summed E-state index contributed by atoms with van der Waals surface area (Å²) in [5.41, 5.74) is -0.0808. The van der Waals surface area contributed by atoms with E-state index >= 15 is 0 Å². The van der Waals surface area contributed by atoms with Gasteiger partial charge < -0.3 is 5.32 Å². The third-order valence-corrected chi connectivity index (χ3v) is 2.18. The summed E-state index contributed by atoms with van der Waals surface area (Å²) >= 11 is 3.06. The minimum atomic E-state index is -0.616. The van der Waals surface area contributed by atoms with Gasteiger partial charge in [0.2, 0.25) is 0 Å². The lowest BCUT2D eigenvalue weighted by molar-refractivity contribution is 0.0953. The molecule has 1 amide bonds. The highest BCUT2D eigenvalue weighted by Crippen LogP contribution is 2.19. The average Bonchev–Trinajstić information content (AvgIpc) is 2.14. The molecule has 0 aliphatic heterocycles. The van der Waals surface area contributed by atoms with E-state index in [1.807, 2.05) is 0 Å². The molecular weight excluding hydrogens is 251 g/mol. The van der Waals surface area contributed by atoms with Crippen molar-refractivity contribution < 1.29 is 9.18 Å². The number of halogens is 2. The van der Waals surface area contributed by atoms with E-state index in [0.717, 1.165) is 0 Å². The third-order valence-electron chi connectivity index (χ3n) is 1.52. The summed E-state index contributed by atoms with van der Waals surface area (Å²) in [5.74, 6) is -1.22. The number of benzene rings is 1. The van der Waals surface area contributed by atoms with Gasteiger partial charge in [0, 0.05) is 4.47 Å². The molecule has 0 heterocycles. The smallest absolute Gasteiger partial charge is 0.256 e. The van der Waals surface area contributed by atoms with Gasteiger partial charge in [-0.25, -0.2) is 4.39 Å². The van der Waals surface area contributed by atoms with Gasteiger partial charge in [0.25, 0.3) is 5.91 Å². The number of nitriles is 1. The number of nitrogens with zero attached hydrogens (tertiary/aromatic N) is 1. The van der Waals surface area contributed by atoms with Crippen molar-refractivity contribution in [3.8, 4) is 6.07 Å². The van der Waals surface area contributed by atoms with Gasteiger partial charge in [-0.3, -0.25) is 4.79 Å². The molecule has 0 saturated heterocycles. The normalized spacial score (nSPS) is 9.21. The van der Waals surface area contributed by atoms with Crippen LogP contribution in [0.3, 0.4) is 0 Å². The Kier molecular flexibility index (Phi) is 3.60. The van der Waals surface area contributed by atoms with Crippen LogP contribution in [0.15, 0.2) is 22.7 Å². The maximum atomic E-state index is 13.2. The quantitative estimate of drug-likeness (QED) is 0.822. The van der Waals surface area contributed by atoms with Crippen molar-refractivity contribution >= 4 is 21.8 Å². The standard InChI is InChI=1S/C9H6BrFN2O/c10-6-2-1-3-7(11)8(6)9(14)13-5-4-12/h1-3H,5H2,(H,13,14). The highest BCUT2D eigenvalue weighted by atomic mass is 79.9. The number of carbonyl (C=O) groups excluding carboxylic acids is 1. The van der Waals surface area contributed by atoms with Crippen molar-refractivity contribution in [1.82, 2.24) is 5.32 Å². The van der Waals surface area contributed by atoms with Crippen LogP contribution < -0.4 is 5.32 Å². The molecule has 0 spiro atoms. The second-order valence-electron chi connectivity index (χ2n) is 2.44. The van der Waals surface area contributed by atoms with E-state index in [1.54, 1.807) is 12.1 Å². The molecule has 0 fully saturated rings. The Morgan fingerprint density at radius 3 is 2.93 bits per heavy atom. The summed E-state index contributed by atoms with van der Waals surface area (Å²) in [5, 5.41) is 10.5. The summed E-state index contributed by atoms with van der Waals surface area (Å²) in [6, 6.07) is 5.97. The van der Waals surface area contributed by atoms with Crippen LogP contribution in [0, 0.1) is 17.1 Å². The van der Waals surface area contributed by atoms with Crippen molar-refractivity contribution in [2.75, 3.05) is 6.54 Å². The largest absolute Gasteiger partial charge is 0.339 e. The fourth-order valence-corrected chi connectivity index (χ4v) is 1.44. The number of carbonyl (C=O) groups is 1. The zero-order valence-electron chi connectivity index (χ0n) is 7.05. The zero-order valence-corrected chi connectivity index (χ0v) is 8.64. The summed E-state index contributed by atoms with van der Waals surface area (Å²) in [6.07, 6.45) is 0. The molecule has 0 aliphatic rings. The number of hydrogen-bond donors (Lipinski definition) is 1. The van der Waals surface area contributed by atoms with Crippen LogP contribution in [-0.4, -0.2) is 12.5 Å². The molecule has 0 bridgehead atoms. The van der Waals surface area contributed by atoms with Gasteiger partial charge in [-0.15, -0.1) is 0 Å². The van der Waals surface area contributed by atoms with Crippen LogP contribution >= 0.6 is 15.9 Å². The molecule has 0 aliphatic carbocycles. The summed E-state index contributed by atoms with van der Waals surface area (Å²) < 4.78 is 13.5. The molecule has 1 rings (SSSR count). The Morgan fingerprint density at radius 2 is 2.36 bits per heavy atom. The molecule has 14 heavy (non-hydrogen) atoms. The fraction of sp³-hybridized carbons (Fsp3) is 0.111. The van der Waals surface area contributed by atoms with E-state index in [1.165, 1.54) is 12.1 Å². The number of rotatable bonds is 2. The molecule has 72 valence electrons. The molecule has 1 aromatic carbocycles. The van der Waals surface area contributed by atoms with Crippen LogP contribution in [0.4, 0.5) is 4.39 Å². The number of amides is 1. The van der Waals surface area contributed by atoms with Crippen molar-refractivity contribution in [2.45, 2.75) is 0 Å². The predicted molar refractivity (Wildman–Crippen MR) is 52.0 cm³/mol. The van der Waals surface area contributed by atoms with Crippen LogP contribution in [0.5, 0.6) is 0 Å². The van der Waals surface area contributed by atoms with Gasteiger partial charge >= 0.3 is 0 Å². The number of nitrogens with one attached hydrogen (secondary N) is 1. The van der Waals surface area contributed by atoms with Gasteiger partial charge in [-0.2, -0.15) is 5.26 Å². The van der Waals surface area contributed by atoms with Gasteiger partial charge in [0.05, 0.1) is 11.6 Å². The molecular formula is C9H6BrFN2O. The Balaban J connectivity index is 2.95. The lowest BCUT2D eigenvalue weighted by Crippen LogP contribution is -2.24. The monoisotopic (exact) mass is 256 g/mol. The predicted octanol–water partition coefficient (Wildman–Crippen LogP) is 1.84. The maximum absolute atomic E-state index is 13.2. The van der Waals surface area contributed by atoms with E-state index < -0.39 is 11.7 Å². The van der Waals surface area contributed by atoms with Crippen molar-refractivity contribution in [3.05, 3.63) is 34.1 Å². The molecule has 1 aromatic rings. The van der Waals surface area contributed by atoms with Gasteiger partial charge in [-0.1, -0.05) is 6.07 Å². The first-order valence-electron chi connectivity index (χ1n) is 3.76. The van der Waals surface area contributed by atoms with Crippen molar-refractivity contribution in [3.63, 3.8) is 0 Å². The first-order valence-corrected chi connectivity index (χ1v) is 4.55. The lowest BCUT2D eigenvalue weighted by atomic mass is 10.2. The Morgan fingerprint density at radius 1 is 1.64 bits per heavy atom. The van der Waals surface area contributed by atoms with Gasteiger partial charge in [0.15, 0.2) is 0 Å². The second-order valence-corrected chi connectivity index (χ2v) is 3.29. The molecule has 0 saturated carbocycles. The summed E-state index contributed by atoms with van der Waals surface area (Å²) in [7, 11) is 0. The lowest BCUT2D eigenvalue weighted by Gasteiger charge is -2.04. The Hall–Kier alpha value is -1.41. The summed E-state index contributed by atoms with van der Waals surface area (Å²) in [4.78, 5) is 11.3. The van der Waals surface area contributed by atoms with E-state index in [4.69, 9.17) is 5.26 Å². The van der Waals surface area contributed by atoms with E-state index in [0.29, 0.717) is 4.47 Å². The minimum absolute atomic E-state index is 0.0808. The molecule has 5 heteroatoms. The van der Waals surface area contributed by atoms with E-state index in [-0.39, 0.29) is 12.1 Å². The van der Waals surface area contributed by atoms with Crippen LogP contribution in [0.2, 0.25) is 0 Å².